The van der Waals surface area contributed by atoms with Crippen LogP contribution in [0.1, 0.15) is 33.3 Å². The third-order valence-corrected chi connectivity index (χ3v) is 1.91. The second kappa shape index (κ2) is 14.9. The molecule has 0 aliphatic rings. The van der Waals surface area contributed by atoms with Crippen LogP contribution >= 0.6 is 0 Å². The van der Waals surface area contributed by atoms with Crippen molar-refractivity contribution in [3.8, 4) is 0 Å². The first-order chi connectivity index (χ1) is 9.70. The van der Waals surface area contributed by atoms with E-state index in [1.54, 1.807) is 12.1 Å². The normalized spacial score (nSPS) is 7.65. The minimum Gasteiger partial charge on any atom is -0.258 e. The molecule has 0 unspecified atom stereocenters. The zero-order valence-electron chi connectivity index (χ0n) is 13.0. The minimum atomic E-state index is -0.403. The van der Waals surface area contributed by atoms with Crippen molar-refractivity contribution in [3.63, 3.8) is 0 Å². The smallest absolute Gasteiger partial charge is 0.258 e. The largest absolute Gasteiger partial charge is 0.269 e. The number of hydrogen-bond donors (Lipinski definition) is 0. The van der Waals surface area contributed by atoms with E-state index in [-0.39, 0.29) is 5.69 Å². The van der Waals surface area contributed by atoms with Crippen LogP contribution in [0.3, 0.4) is 0 Å². The van der Waals surface area contributed by atoms with Crippen LogP contribution in [-0.2, 0) is 0 Å². The van der Waals surface area contributed by atoms with Crippen LogP contribution in [0, 0.1) is 17.0 Å². The van der Waals surface area contributed by atoms with E-state index in [1.165, 1.54) is 12.1 Å². The SMILES string of the molecule is CC.CC.Cc1ccc([N+](=O)[O-])cc1.c1ccccc1. The maximum absolute atomic E-state index is 10.1. The van der Waals surface area contributed by atoms with Crippen molar-refractivity contribution in [2.75, 3.05) is 0 Å². The summed E-state index contributed by atoms with van der Waals surface area (Å²) in [6, 6.07) is 18.4. The molecule has 2 aromatic rings. The summed E-state index contributed by atoms with van der Waals surface area (Å²) < 4.78 is 0. The van der Waals surface area contributed by atoms with E-state index in [0.717, 1.165) is 5.56 Å². The fraction of sp³-hybridized carbons (Fsp3) is 0.294. The van der Waals surface area contributed by atoms with Crippen molar-refractivity contribution >= 4 is 5.69 Å². The van der Waals surface area contributed by atoms with Crippen molar-refractivity contribution in [1.82, 2.24) is 0 Å². The van der Waals surface area contributed by atoms with Crippen LogP contribution in [0.25, 0.3) is 0 Å². The van der Waals surface area contributed by atoms with E-state index in [9.17, 15) is 10.1 Å². The first-order valence-electron chi connectivity index (χ1n) is 6.91. The summed E-state index contributed by atoms with van der Waals surface area (Å²) in [7, 11) is 0. The van der Waals surface area contributed by atoms with Crippen LogP contribution in [0.4, 0.5) is 5.69 Å². The molecular weight excluding hydrogens is 250 g/mol. The van der Waals surface area contributed by atoms with Crippen LogP contribution < -0.4 is 0 Å². The summed E-state index contributed by atoms with van der Waals surface area (Å²) in [6.45, 7) is 9.89. The van der Waals surface area contributed by atoms with E-state index in [2.05, 4.69) is 0 Å². The van der Waals surface area contributed by atoms with Crippen molar-refractivity contribution in [2.45, 2.75) is 34.6 Å². The van der Waals surface area contributed by atoms with E-state index < -0.39 is 4.92 Å². The molecule has 2 rings (SSSR count). The summed E-state index contributed by atoms with van der Waals surface area (Å²) in [5.41, 5.74) is 1.18. The van der Waals surface area contributed by atoms with Gasteiger partial charge in [-0.1, -0.05) is 81.8 Å². The molecule has 2 aromatic carbocycles. The van der Waals surface area contributed by atoms with Gasteiger partial charge in [-0.15, -0.1) is 0 Å². The lowest BCUT2D eigenvalue weighted by molar-refractivity contribution is -0.384. The summed E-state index contributed by atoms with van der Waals surface area (Å²) >= 11 is 0. The number of nitro groups is 1. The molecule has 0 bridgehead atoms. The van der Waals surface area contributed by atoms with Gasteiger partial charge < -0.3 is 0 Å². The van der Waals surface area contributed by atoms with Gasteiger partial charge in [-0.3, -0.25) is 10.1 Å². The number of nitrogens with zero attached hydrogens (tertiary/aromatic N) is 1. The van der Waals surface area contributed by atoms with Gasteiger partial charge in [0.05, 0.1) is 4.92 Å². The molecule has 0 saturated heterocycles. The molecule has 0 fully saturated rings. The number of benzene rings is 2. The Morgan fingerprint density at radius 2 is 1.05 bits per heavy atom. The Morgan fingerprint density at radius 3 is 1.30 bits per heavy atom. The summed E-state index contributed by atoms with van der Waals surface area (Å²) in [6.07, 6.45) is 0. The second-order valence-electron chi connectivity index (χ2n) is 3.25. The van der Waals surface area contributed by atoms with Gasteiger partial charge >= 0.3 is 0 Å². The highest BCUT2D eigenvalue weighted by Gasteiger charge is 2.00. The molecule has 0 aromatic heterocycles. The fourth-order valence-electron chi connectivity index (χ4n) is 1.05. The summed E-state index contributed by atoms with van der Waals surface area (Å²) in [5, 5.41) is 10.1. The van der Waals surface area contributed by atoms with Crippen LogP contribution in [-0.4, -0.2) is 4.92 Å². The predicted octanol–water partition coefficient (Wildman–Crippen LogP) is 5.64. The molecule has 0 amide bonds. The number of rotatable bonds is 1. The second-order valence-corrected chi connectivity index (χ2v) is 3.25. The average Bonchev–Trinajstić information content (AvgIpc) is 2.54. The Balaban J connectivity index is 0. The average molecular weight is 275 g/mol. The van der Waals surface area contributed by atoms with Gasteiger partial charge in [0, 0.05) is 12.1 Å². The summed E-state index contributed by atoms with van der Waals surface area (Å²) in [4.78, 5) is 9.71. The highest BCUT2D eigenvalue weighted by Crippen LogP contribution is 2.10. The van der Waals surface area contributed by atoms with Crippen LogP contribution in [0.2, 0.25) is 0 Å². The molecule has 0 aliphatic heterocycles. The third kappa shape index (κ3) is 11.0. The number of aryl methyl sites for hydroxylation is 1. The van der Waals surface area contributed by atoms with Crippen molar-refractivity contribution < 1.29 is 4.92 Å². The van der Waals surface area contributed by atoms with E-state index in [1.807, 2.05) is 71.0 Å². The van der Waals surface area contributed by atoms with Gasteiger partial charge in [-0.25, -0.2) is 0 Å². The third-order valence-electron chi connectivity index (χ3n) is 1.91. The van der Waals surface area contributed by atoms with E-state index >= 15 is 0 Å². The van der Waals surface area contributed by atoms with Gasteiger partial charge in [-0.05, 0) is 6.92 Å². The van der Waals surface area contributed by atoms with Crippen molar-refractivity contribution in [3.05, 3.63) is 76.3 Å². The molecule has 0 aliphatic carbocycles. The first-order valence-corrected chi connectivity index (χ1v) is 6.91. The quantitative estimate of drug-likeness (QED) is 0.499. The summed E-state index contributed by atoms with van der Waals surface area (Å²) in [5.74, 6) is 0. The number of hydrogen-bond acceptors (Lipinski definition) is 2. The Bertz CT molecular complexity index is 398. The fourth-order valence-corrected chi connectivity index (χ4v) is 1.05. The zero-order chi connectivity index (χ0) is 15.8. The number of nitro benzene ring substituents is 1. The van der Waals surface area contributed by atoms with Crippen molar-refractivity contribution in [1.29, 1.82) is 0 Å². The topological polar surface area (TPSA) is 43.1 Å². The lowest BCUT2D eigenvalue weighted by Crippen LogP contribution is -1.86. The maximum atomic E-state index is 10.1. The molecule has 3 nitrogen and oxygen atoms in total. The molecule has 0 spiro atoms. The Hall–Kier alpha value is -2.16. The standard InChI is InChI=1S/C7H7NO2.C6H6.2C2H6/c1-6-2-4-7(5-3-6)8(9)10;1-2-4-6-5-3-1;2*1-2/h2-5H,1H3;1-6H;2*1-2H3. The van der Waals surface area contributed by atoms with Crippen molar-refractivity contribution in [2.24, 2.45) is 0 Å². The molecule has 0 atom stereocenters. The van der Waals surface area contributed by atoms with Gasteiger partial charge in [0.1, 0.15) is 0 Å². The highest BCUT2D eigenvalue weighted by atomic mass is 16.6. The molecule has 3 heteroatoms. The predicted molar refractivity (Wildman–Crippen MR) is 87.0 cm³/mol. The number of non-ortho nitro benzene ring substituents is 1. The van der Waals surface area contributed by atoms with E-state index in [4.69, 9.17) is 0 Å². The highest BCUT2D eigenvalue weighted by molar-refractivity contribution is 5.31. The van der Waals surface area contributed by atoms with Crippen LogP contribution in [0.15, 0.2) is 60.7 Å². The molecule has 0 saturated carbocycles. The molecular formula is C17H25NO2. The van der Waals surface area contributed by atoms with Gasteiger partial charge in [-0.2, -0.15) is 0 Å². The molecule has 0 N–H and O–H groups in total. The Labute approximate surface area is 122 Å². The molecule has 0 heterocycles. The maximum Gasteiger partial charge on any atom is 0.269 e. The lowest BCUT2D eigenvalue weighted by atomic mass is 10.2. The van der Waals surface area contributed by atoms with Gasteiger partial charge in [0.2, 0.25) is 0 Å². The van der Waals surface area contributed by atoms with E-state index in [0.29, 0.717) is 0 Å². The molecule has 20 heavy (non-hydrogen) atoms. The first kappa shape index (κ1) is 20.2. The zero-order valence-corrected chi connectivity index (χ0v) is 13.0. The molecule has 0 radical (unpaired) electrons. The monoisotopic (exact) mass is 275 g/mol. The Kier molecular flexibility index (Phi) is 15.0. The lowest BCUT2D eigenvalue weighted by Gasteiger charge is -1.90. The van der Waals surface area contributed by atoms with Gasteiger partial charge in [0.15, 0.2) is 0 Å². The minimum absolute atomic E-state index is 0.144. The van der Waals surface area contributed by atoms with Gasteiger partial charge in [0.25, 0.3) is 5.69 Å². The Morgan fingerprint density at radius 1 is 0.750 bits per heavy atom. The van der Waals surface area contributed by atoms with Crippen LogP contribution in [0.5, 0.6) is 0 Å². The molecule has 110 valence electrons.